The summed E-state index contributed by atoms with van der Waals surface area (Å²) >= 11 is 1.67. The van der Waals surface area contributed by atoms with Crippen LogP contribution in [0.4, 0.5) is 5.13 Å². The number of thiazole rings is 1. The van der Waals surface area contributed by atoms with Gasteiger partial charge < -0.3 is 25.0 Å². The van der Waals surface area contributed by atoms with Crippen molar-refractivity contribution >= 4 is 46.4 Å². The Balaban J connectivity index is 0.00000300. The lowest BCUT2D eigenvalue weighted by Gasteiger charge is -2.35. The molecule has 0 unspecified atom stereocenters. The summed E-state index contributed by atoms with van der Waals surface area (Å²) in [6, 6.07) is 6.17. The number of nitrogens with two attached hydrogens (primary N) is 1. The number of aromatic nitrogens is 1. The van der Waals surface area contributed by atoms with Crippen LogP contribution in [0.3, 0.4) is 0 Å². The van der Waals surface area contributed by atoms with Crippen molar-refractivity contribution in [3.05, 3.63) is 40.9 Å². The molecule has 2 heterocycles. The van der Waals surface area contributed by atoms with E-state index in [1.54, 1.807) is 11.3 Å². The Bertz CT molecular complexity index is 764. The molecule has 0 aliphatic carbocycles. The largest absolute Gasteiger partial charge is 0.491 e. The average Bonchev–Trinajstić information content (AvgIpc) is 3.25. The van der Waals surface area contributed by atoms with E-state index in [0.717, 1.165) is 48.2 Å². The van der Waals surface area contributed by atoms with Gasteiger partial charge in [-0.25, -0.2) is 9.98 Å². The van der Waals surface area contributed by atoms with Crippen molar-refractivity contribution in [2.45, 2.75) is 20.4 Å². The molecule has 1 aromatic carbocycles. The molecule has 9 heteroatoms. The van der Waals surface area contributed by atoms with Gasteiger partial charge in [-0.2, -0.15) is 0 Å². The first-order chi connectivity index (χ1) is 13.7. The summed E-state index contributed by atoms with van der Waals surface area (Å²) in [4.78, 5) is 13.4. The van der Waals surface area contributed by atoms with E-state index < -0.39 is 0 Å². The number of benzene rings is 1. The first kappa shape index (κ1) is 23.7. The Labute approximate surface area is 193 Å². The number of piperazine rings is 1. The number of aryl methyl sites for hydroxylation is 1. The predicted octanol–water partition coefficient (Wildman–Crippen LogP) is 3.12. The van der Waals surface area contributed by atoms with Gasteiger partial charge in [0.25, 0.3) is 0 Å². The van der Waals surface area contributed by atoms with Crippen LogP contribution >= 0.6 is 35.3 Å². The number of guanidine groups is 1. The second-order valence-electron chi connectivity index (χ2n) is 6.62. The second-order valence-corrected chi connectivity index (χ2v) is 7.49. The van der Waals surface area contributed by atoms with E-state index in [9.17, 15) is 0 Å². The number of anilines is 1. The standard InChI is InChI=1S/C20H29N5O2S.HI/c1-3-26-11-12-27-18-14-16(2)4-5-17(18)15-23-19(21)24-7-9-25(10-8-24)20-22-6-13-28-20;/h4-6,13-14H,3,7-12,15H2,1-2H3,(H2,21,23);1H. The molecule has 1 aliphatic rings. The molecule has 3 rings (SSSR count). The predicted molar refractivity (Wildman–Crippen MR) is 130 cm³/mol. The lowest BCUT2D eigenvalue weighted by atomic mass is 10.1. The molecule has 1 fully saturated rings. The summed E-state index contributed by atoms with van der Waals surface area (Å²) in [7, 11) is 0. The highest BCUT2D eigenvalue weighted by atomic mass is 127. The van der Waals surface area contributed by atoms with Gasteiger partial charge >= 0.3 is 0 Å². The van der Waals surface area contributed by atoms with Gasteiger partial charge in [0, 0.05) is 49.9 Å². The highest BCUT2D eigenvalue weighted by Gasteiger charge is 2.19. The van der Waals surface area contributed by atoms with E-state index >= 15 is 0 Å². The molecular weight excluding hydrogens is 501 g/mol. The first-order valence-corrected chi connectivity index (χ1v) is 10.5. The van der Waals surface area contributed by atoms with Crippen molar-refractivity contribution in [2.75, 3.05) is 50.9 Å². The molecule has 1 aromatic heterocycles. The van der Waals surface area contributed by atoms with Crippen molar-refractivity contribution in [2.24, 2.45) is 10.7 Å². The number of rotatable bonds is 8. The number of hydrogen-bond acceptors (Lipinski definition) is 6. The third-order valence-corrected chi connectivity index (χ3v) is 5.45. The minimum absolute atomic E-state index is 0. The molecule has 2 N–H and O–H groups in total. The van der Waals surface area contributed by atoms with Gasteiger partial charge in [0.1, 0.15) is 12.4 Å². The van der Waals surface area contributed by atoms with Crippen LogP contribution in [-0.4, -0.2) is 61.8 Å². The number of halogens is 1. The average molecular weight is 531 g/mol. The SMILES string of the molecule is CCOCCOc1cc(C)ccc1CN=C(N)N1CCN(c2nccs2)CC1.I. The topological polar surface area (TPSA) is 76.2 Å². The van der Waals surface area contributed by atoms with Crippen LogP contribution in [-0.2, 0) is 11.3 Å². The summed E-state index contributed by atoms with van der Waals surface area (Å²) in [6.45, 7) is 9.84. The van der Waals surface area contributed by atoms with Gasteiger partial charge in [0.15, 0.2) is 11.1 Å². The van der Waals surface area contributed by atoms with Gasteiger partial charge in [-0.15, -0.1) is 35.3 Å². The maximum Gasteiger partial charge on any atom is 0.191 e. The molecule has 0 amide bonds. The van der Waals surface area contributed by atoms with Crippen molar-refractivity contribution in [1.29, 1.82) is 0 Å². The molecule has 29 heavy (non-hydrogen) atoms. The Kier molecular flexibility index (Phi) is 9.95. The maximum atomic E-state index is 6.26. The summed E-state index contributed by atoms with van der Waals surface area (Å²) in [5.74, 6) is 1.43. The minimum Gasteiger partial charge on any atom is -0.491 e. The number of nitrogens with zero attached hydrogens (tertiary/aromatic N) is 4. The Morgan fingerprint density at radius 2 is 2.03 bits per heavy atom. The van der Waals surface area contributed by atoms with Gasteiger partial charge in [0.05, 0.1) is 13.2 Å². The minimum atomic E-state index is 0. The highest BCUT2D eigenvalue weighted by molar-refractivity contribution is 14.0. The lowest BCUT2D eigenvalue weighted by molar-refractivity contribution is 0.110. The van der Waals surface area contributed by atoms with E-state index in [2.05, 4.69) is 38.8 Å². The molecule has 0 radical (unpaired) electrons. The third kappa shape index (κ3) is 7.00. The molecule has 0 bridgehead atoms. The molecule has 1 saturated heterocycles. The molecule has 7 nitrogen and oxygen atoms in total. The fourth-order valence-electron chi connectivity index (χ4n) is 3.05. The van der Waals surface area contributed by atoms with E-state index in [-0.39, 0.29) is 24.0 Å². The highest BCUT2D eigenvalue weighted by Crippen LogP contribution is 2.22. The second kappa shape index (κ2) is 12.2. The summed E-state index contributed by atoms with van der Waals surface area (Å²) in [5, 5.41) is 3.08. The van der Waals surface area contributed by atoms with Crippen molar-refractivity contribution in [3.8, 4) is 5.75 Å². The van der Waals surface area contributed by atoms with Gasteiger partial charge in [-0.05, 0) is 25.5 Å². The van der Waals surface area contributed by atoms with Crippen LogP contribution in [0.2, 0.25) is 0 Å². The Morgan fingerprint density at radius 1 is 1.24 bits per heavy atom. The van der Waals surface area contributed by atoms with Gasteiger partial charge in [0.2, 0.25) is 0 Å². The quantitative estimate of drug-likeness (QED) is 0.244. The van der Waals surface area contributed by atoms with Gasteiger partial charge in [-0.1, -0.05) is 12.1 Å². The van der Waals surface area contributed by atoms with E-state index in [1.165, 1.54) is 0 Å². The van der Waals surface area contributed by atoms with Crippen LogP contribution < -0.4 is 15.4 Å². The van der Waals surface area contributed by atoms with Gasteiger partial charge in [-0.3, -0.25) is 0 Å². The third-order valence-electron chi connectivity index (χ3n) is 4.62. The molecule has 0 atom stereocenters. The zero-order valence-electron chi connectivity index (χ0n) is 17.0. The van der Waals surface area contributed by atoms with E-state index in [1.807, 2.05) is 24.6 Å². The number of ether oxygens (including phenoxy) is 2. The molecule has 2 aromatic rings. The first-order valence-electron chi connectivity index (χ1n) is 9.66. The molecule has 1 aliphatic heterocycles. The normalized spacial score (nSPS) is 14.6. The zero-order chi connectivity index (χ0) is 19.8. The molecular formula is C20H30IN5O2S. The number of hydrogen-bond donors (Lipinski definition) is 1. The Hall–Kier alpha value is -1.59. The molecule has 0 spiro atoms. The van der Waals surface area contributed by atoms with Crippen LogP contribution in [0.15, 0.2) is 34.8 Å². The lowest BCUT2D eigenvalue weighted by Crippen LogP contribution is -2.51. The van der Waals surface area contributed by atoms with Crippen molar-refractivity contribution < 1.29 is 9.47 Å². The van der Waals surface area contributed by atoms with Crippen molar-refractivity contribution in [3.63, 3.8) is 0 Å². The Morgan fingerprint density at radius 3 is 2.72 bits per heavy atom. The van der Waals surface area contributed by atoms with Crippen molar-refractivity contribution in [1.82, 2.24) is 9.88 Å². The summed E-state index contributed by atoms with van der Waals surface area (Å²) < 4.78 is 11.2. The monoisotopic (exact) mass is 531 g/mol. The molecule has 0 saturated carbocycles. The number of aliphatic imine (C=N–C) groups is 1. The van der Waals surface area contributed by atoms with Crippen LogP contribution in [0.1, 0.15) is 18.1 Å². The summed E-state index contributed by atoms with van der Waals surface area (Å²) in [6.07, 6.45) is 1.85. The molecule has 160 valence electrons. The fourth-order valence-corrected chi connectivity index (χ4v) is 3.74. The van der Waals surface area contributed by atoms with E-state index in [0.29, 0.717) is 32.3 Å². The smallest absolute Gasteiger partial charge is 0.191 e. The van der Waals surface area contributed by atoms with Crippen LogP contribution in [0, 0.1) is 6.92 Å². The maximum absolute atomic E-state index is 6.26. The van der Waals surface area contributed by atoms with Crippen LogP contribution in [0.25, 0.3) is 0 Å². The zero-order valence-corrected chi connectivity index (χ0v) is 20.2. The summed E-state index contributed by atoms with van der Waals surface area (Å²) in [5.41, 5.74) is 8.46. The van der Waals surface area contributed by atoms with E-state index in [4.69, 9.17) is 15.2 Å². The van der Waals surface area contributed by atoms with Crippen LogP contribution in [0.5, 0.6) is 5.75 Å². The fraction of sp³-hybridized carbons (Fsp3) is 0.500.